The van der Waals surface area contributed by atoms with Crippen LogP contribution in [0.4, 0.5) is 0 Å². The summed E-state index contributed by atoms with van der Waals surface area (Å²) in [6.45, 7) is 16.4. The molecule has 3 fully saturated rings. The lowest BCUT2D eigenvalue weighted by atomic mass is 9.62. The van der Waals surface area contributed by atoms with Crippen molar-refractivity contribution in [3.05, 3.63) is 12.7 Å². The highest BCUT2D eigenvalue weighted by atomic mass is 16.6. The number of rotatable bonds is 10. The van der Waals surface area contributed by atoms with Crippen LogP contribution in [-0.2, 0) is 23.9 Å². The molecule has 2 amide bonds. The highest BCUT2D eigenvalue weighted by molar-refractivity contribution is 5.98. The third-order valence-corrected chi connectivity index (χ3v) is 8.03. The van der Waals surface area contributed by atoms with Gasteiger partial charge in [-0.2, -0.15) is 0 Å². The summed E-state index contributed by atoms with van der Waals surface area (Å²) in [4.78, 5) is 44.7. The molecule has 8 heteroatoms. The average molecular weight is 479 g/mol. The Morgan fingerprint density at radius 1 is 1.32 bits per heavy atom. The molecule has 8 nitrogen and oxygen atoms in total. The number of hydrogen-bond donors (Lipinski definition) is 1. The van der Waals surface area contributed by atoms with E-state index in [2.05, 4.69) is 6.58 Å². The number of carbonyl (C=O) groups is 3. The zero-order valence-electron chi connectivity index (χ0n) is 21.6. The summed E-state index contributed by atoms with van der Waals surface area (Å²) in [5.41, 5.74) is -2.42. The Balaban J connectivity index is 2.09. The number of unbranched alkanes of at least 4 members (excludes halogenated alkanes) is 2. The summed E-state index contributed by atoms with van der Waals surface area (Å²) in [7, 11) is 0. The highest BCUT2D eigenvalue weighted by Crippen LogP contribution is 2.65. The predicted molar refractivity (Wildman–Crippen MR) is 128 cm³/mol. The lowest BCUT2D eigenvalue weighted by molar-refractivity contribution is -0.162. The van der Waals surface area contributed by atoms with Gasteiger partial charge in [-0.3, -0.25) is 14.4 Å². The van der Waals surface area contributed by atoms with Crippen LogP contribution in [0, 0.1) is 17.8 Å². The number of esters is 1. The van der Waals surface area contributed by atoms with Crippen LogP contribution in [-0.4, -0.2) is 81.8 Å². The number of fused-ring (bicyclic) bond motifs is 1. The van der Waals surface area contributed by atoms with E-state index in [1.165, 1.54) is 0 Å². The van der Waals surface area contributed by atoms with Crippen LogP contribution in [0.3, 0.4) is 0 Å². The smallest absolute Gasteiger partial charge is 0.312 e. The Hall–Kier alpha value is -1.93. The van der Waals surface area contributed by atoms with Crippen molar-refractivity contribution in [1.29, 1.82) is 0 Å². The number of aliphatic hydroxyl groups is 1. The summed E-state index contributed by atoms with van der Waals surface area (Å²) in [5.74, 6) is -2.31. The monoisotopic (exact) mass is 478 g/mol. The Bertz CT molecular complexity index is 823. The van der Waals surface area contributed by atoms with Crippen molar-refractivity contribution < 1.29 is 29.0 Å². The lowest BCUT2D eigenvalue weighted by Gasteiger charge is -2.42. The summed E-state index contributed by atoms with van der Waals surface area (Å²) in [6, 6.07) is -0.818. The van der Waals surface area contributed by atoms with E-state index in [0.29, 0.717) is 32.4 Å². The fourth-order valence-corrected chi connectivity index (χ4v) is 6.39. The molecule has 3 unspecified atom stereocenters. The first kappa shape index (κ1) is 26.7. The largest absolute Gasteiger partial charge is 0.466 e. The van der Waals surface area contributed by atoms with Crippen molar-refractivity contribution >= 4 is 17.8 Å². The summed E-state index contributed by atoms with van der Waals surface area (Å²) in [5, 5.41) is 9.17. The predicted octanol–water partition coefficient (Wildman–Crippen LogP) is 2.54. The zero-order valence-corrected chi connectivity index (χ0v) is 21.6. The van der Waals surface area contributed by atoms with Gasteiger partial charge in [-0.1, -0.05) is 13.0 Å². The van der Waals surface area contributed by atoms with Crippen molar-refractivity contribution in [2.24, 2.45) is 17.8 Å². The maximum absolute atomic E-state index is 14.2. The first-order valence-electron chi connectivity index (χ1n) is 12.6. The second-order valence-electron chi connectivity index (χ2n) is 11.2. The molecule has 3 rings (SSSR count). The molecule has 1 N–H and O–H groups in total. The molecule has 0 aromatic carbocycles. The molecule has 2 bridgehead atoms. The SMILES string of the molecule is C=CCN(C(=O)C1N(CCCCCO)C(=O)[C@@H]2[C@@H](C(=O)OCC)[C@]3(C)OC12CC3C)C(C)(C)C. The number of nitrogens with zero attached hydrogens (tertiary/aromatic N) is 2. The van der Waals surface area contributed by atoms with Crippen LogP contribution in [0.2, 0.25) is 0 Å². The van der Waals surface area contributed by atoms with Crippen LogP contribution in [0.5, 0.6) is 0 Å². The van der Waals surface area contributed by atoms with Gasteiger partial charge in [0, 0.05) is 25.2 Å². The van der Waals surface area contributed by atoms with Gasteiger partial charge in [0.2, 0.25) is 11.8 Å². The number of hydrogen-bond acceptors (Lipinski definition) is 6. The third-order valence-electron chi connectivity index (χ3n) is 8.03. The summed E-state index contributed by atoms with van der Waals surface area (Å²) in [6.07, 6.45) is 4.26. The van der Waals surface area contributed by atoms with Gasteiger partial charge >= 0.3 is 5.97 Å². The minimum Gasteiger partial charge on any atom is -0.466 e. The Labute approximate surface area is 203 Å². The maximum atomic E-state index is 14.2. The minimum absolute atomic E-state index is 0.0157. The molecule has 0 aromatic rings. The number of ether oxygens (including phenoxy) is 2. The van der Waals surface area contributed by atoms with Gasteiger partial charge in [-0.05, 0) is 66.2 Å². The third kappa shape index (κ3) is 4.06. The normalized spacial score (nSPS) is 34.3. The van der Waals surface area contributed by atoms with E-state index in [4.69, 9.17) is 14.6 Å². The van der Waals surface area contributed by atoms with Crippen molar-refractivity contribution in [2.45, 2.75) is 90.0 Å². The Kier molecular flexibility index (Phi) is 7.54. The molecule has 34 heavy (non-hydrogen) atoms. The minimum atomic E-state index is -1.07. The van der Waals surface area contributed by atoms with E-state index in [1.54, 1.807) is 22.8 Å². The van der Waals surface area contributed by atoms with E-state index >= 15 is 0 Å². The quantitative estimate of drug-likeness (QED) is 0.294. The molecule has 0 aliphatic carbocycles. The van der Waals surface area contributed by atoms with Crippen molar-refractivity contribution in [2.75, 3.05) is 26.3 Å². The summed E-state index contributed by atoms with van der Waals surface area (Å²) >= 11 is 0. The lowest BCUT2D eigenvalue weighted by Crippen LogP contribution is -2.60. The molecule has 0 radical (unpaired) electrons. The van der Waals surface area contributed by atoms with Gasteiger partial charge in [-0.15, -0.1) is 6.58 Å². The van der Waals surface area contributed by atoms with Crippen molar-refractivity contribution in [1.82, 2.24) is 9.80 Å². The van der Waals surface area contributed by atoms with Gasteiger partial charge in [0.15, 0.2) is 0 Å². The number of likely N-dealkylation sites (tertiary alicyclic amines) is 1. The second-order valence-corrected chi connectivity index (χ2v) is 11.2. The maximum Gasteiger partial charge on any atom is 0.312 e. The van der Waals surface area contributed by atoms with Crippen LogP contribution in [0.25, 0.3) is 0 Å². The highest BCUT2D eigenvalue weighted by Gasteiger charge is 2.80. The fraction of sp³-hybridized carbons (Fsp3) is 0.808. The molecule has 0 aromatic heterocycles. The molecule has 3 aliphatic rings. The number of amides is 2. The molecule has 1 spiro atoms. The second kappa shape index (κ2) is 9.61. The van der Waals surface area contributed by atoms with Gasteiger partial charge in [0.05, 0.1) is 18.1 Å². The number of carbonyl (C=O) groups excluding carboxylic acids is 3. The van der Waals surface area contributed by atoms with Gasteiger partial charge in [0.1, 0.15) is 17.6 Å². The first-order chi connectivity index (χ1) is 15.9. The Morgan fingerprint density at radius 2 is 2.00 bits per heavy atom. The summed E-state index contributed by atoms with van der Waals surface area (Å²) < 4.78 is 12.1. The molecule has 3 saturated heterocycles. The average Bonchev–Trinajstić information content (AvgIpc) is 3.25. The topological polar surface area (TPSA) is 96.4 Å². The van der Waals surface area contributed by atoms with Crippen LogP contribution in [0.15, 0.2) is 12.7 Å². The van der Waals surface area contributed by atoms with E-state index in [-0.39, 0.29) is 30.9 Å². The van der Waals surface area contributed by atoms with Crippen LogP contribution >= 0.6 is 0 Å². The molecule has 192 valence electrons. The first-order valence-corrected chi connectivity index (χ1v) is 12.6. The standard InChI is InChI=1S/C26H42N2O6/c1-8-13-28(24(4,5)6)22(31)20-26-16-17(3)25(7,34-26)19(23(32)33-9-2)18(26)21(30)27(20)14-11-10-12-15-29/h8,17-20,29H,1,9-16H2,2-7H3/t17?,18-,19-,20?,25+,26?/m0/s1. The molecular formula is C26H42N2O6. The molecule has 6 atom stereocenters. The van der Waals surface area contributed by atoms with E-state index in [9.17, 15) is 14.4 Å². The van der Waals surface area contributed by atoms with Crippen LogP contribution < -0.4 is 0 Å². The van der Waals surface area contributed by atoms with Gasteiger partial charge in [-0.25, -0.2) is 0 Å². The molecule has 0 saturated carbocycles. The van der Waals surface area contributed by atoms with Crippen molar-refractivity contribution in [3.63, 3.8) is 0 Å². The van der Waals surface area contributed by atoms with Gasteiger partial charge < -0.3 is 24.4 Å². The fourth-order valence-electron chi connectivity index (χ4n) is 6.39. The van der Waals surface area contributed by atoms with E-state index < -0.39 is 40.6 Å². The van der Waals surface area contributed by atoms with Crippen molar-refractivity contribution in [3.8, 4) is 0 Å². The molecule has 3 heterocycles. The molecule has 3 aliphatic heterocycles. The van der Waals surface area contributed by atoms with Gasteiger partial charge in [0.25, 0.3) is 0 Å². The zero-order chi connectivity index (χ0) is 25.5. The Morgan fingerprint density at radius 3 is 2.56 bits per heavy atom. The van der Waals surface area contributed by atoms with E-state index in [0.717, 1.165) is 6.42 Å². The number of aliphatic hydroxyl groups excluding tert-OH is 1. The van der Waals surface area contributed by atoms with E-state index in [1.807, 2.05) is 34.6 Å². The van der Waals surface area contributed by atoms with Crippen LogP contribution in [0.1, 0.15) is 67.2 Å². The molecular weight excluding hydrogens is 436 g/mol.